The van der Waals surface area contributed by atoms with E-state index in [1.807, 2.05) is 20.1 Å². The van der Waals surface area contributed by atoms with Crippen molar-refractivity contribution in [3.8, 4) is 0 Å². The number of carbonyl (C=O) groups is 2. The number of aliphatic carboxylic acids is 1. The van der Waals surface area contributed by atoms with Crippen molar-refractivity contribution < 1.29 is 14.7 Å². The Morgan fingerprint density at radius 2 is 2.00 bits per heavy atom. The molecule has 0 fully saturated rings. The molecule has 1 aromatic carbocycles. The van der Waals surface area contributed by atoms with Crippen molar-refractivity contribution in [2.45, 2.75) is 38.8 Å². The van der Waals surface area contributed by atoms with Gasteiger partial charge in [-0.1, -0.05) is 31.2 Å². The largest absolute Gasteiger partial charge is 0.480 e. The Morgan fingerprint density at radius 1 is 1.30 bits per heavy atom. The lowest BCUT2D eigenvalue weighted by Gasteiger charge is -2.21. The van der Waals surface area contributed by atoms with Gasteiger partial charge in [-0.05, 0) is 42.9 Å². The van der Waals surface area contributed by atoms with Gasteiger partial charge in [0.05, 0.1) is 5.39 Å². The van der Waals surface area contributed by atoms with Crippen molar-refractivity contribution in [1.82, 2.24) is 20.3 Å². The summed E-state index contributed by atoms with van der Waals surface area (Å²) in [6, 6.07) is 4.84. The fraction of sp³-hybridized carbons (Fsp3) is 0.500. The number of benzene rings is 1. The van der Waals surface area contributed by atoms with Crippen LogP contribution in [0, 0.1) is 5.92 Å². The third-order valence-electron chi connectivity index (χ3n) is 4.11. The van der Waals surface area contributed by atoms with E-state index >= 15 is 0 Å². The molecule has 0 radical (unpaired) electrons. The van der Waals surface area contributed by atoms with E-state index in [2.05, 4.69) is 15.6 Å². The number of hydrogen-bond acceptors (Lipinski definition) is 6. The zero-order chi connectivity index (χ0) is 20.0. The van der Waals surface area contributed by atoms with Crippen LogP contribution in [0.3, 0.4) is 0 Å². The molecule has 0 saturated carbocycles. The first kappa shape index (κ1) is 20.9. The molecule has 0 bridgehead atoms. The normalized spacial score (nSPS) is 13.5. The second-order valence-electron chi connectivity index (χ2n) is 6.68. The molecular weight excluding hydrogens is 368 g/mol. The number of carboxylic acid groups (broad SMARTS) is 1. The first-order valence-corrected chi connectivity index (χ1v) is 10.1. The second-order valence-corrected chi connectivity index (χ2v) is 7.67. The molecular formula is C18H24N4O4S. The Labute approximate surface area is 161 Å². The average molecular weight is 392 g/mol. The van der Waals surface area contributed by atoms with Crippen LogP contribution >= 0.6 is 11.8 Å². The Morgan fingerprint density at radius 3 is 2.63 bits per heavy atom. The highest BCUT2D eigenvalue weighted by atomic mass is 32.2. The van der Waals surface area contributed by atoms with E-state index in [0.717, 1.165) is 4.68 Å². The number of carboxylic acids is 1. The summed E-state index contributed by atoms with van der Waals surface area (Å²) in [5.74, 6) is -0.929. The van der Waals surface area contributed by atoms with Gasteiger partial charge in [0.2, 0.25) is 5.91 Å². The number of fused-ring (bicyclic) bond motifs is 1. The van der Waals surface area contributed by atoms with E-state index in [0.29, 0.717) is 29.5 Å². The summed E-state index contributed by atoms with van der Waals surface area (Å²) in [5.41, 5.74) is 0.0311. The van der Waals surface area contributed by atoms with Crippen molar-refractivity contribution in [3.63, 3.8) is 0 Å². The van der Waals surface area contributed by atoms with Gasteiger partial charge in [0.1, 0.15) is 17.6 Å². The first-order chi connectivity index (χ1) is 12.8. The van der Waals surface area contributed by atoms with Crippen LogP contribution in [-0.4, -0.2) is 50.0 Å². The molecule has 146 valence electrons. The third kappa shape index (κ3) is 5.29. The highest BCUT2D eigenvalue weighted by Crippen LogP contribution is 2.15. The number of rotatable bonds is 9. The van der Waals surface area contributed by atoms with Gasteiger partial charge in [0.15, 0.2) is 0 Å². The van der Waals surface area contributed by atoms with Gasteiger partial charge in [0.25, 0.3) is 5.56 Å². The Hall–Kier alpha value is -2.42. The summed E-state index contributed by atoms with van der Waals surface area (Å²) in [6.45, 7) is 3.76. The van der Waals surface area contributed by atoms with E-state index in [1.165, 1.54) is 11.8 Å². The zero-order valence-corrected chi connectivity index (χ0v) is 16.4. The Balaban J connectivity index is 2.37. The number of hydrogen-bond donors (Lipinski definition) is 2. The van der Waals surface area contributed by atoms with Gasteiger partial charge in [-0.25, -0.2) is 4.79 Å². The van der Waals surface area contributed by atoms with E-state index in [-0.39, 0.29) is 5.92 Å². The van der Waals surface area contributed by atoms with E-state index in [4.69, 9.17) is 0 Å². The minimum Gasteiger partial charge on any atom is -0.480 e. The van der Waals surface area contributed by atoms with Gasteiger partial charge < -0.3 is 10.4 Å². The number of aromatic nitrogens is 3. The van der Waals surface area contributed by atoms with Crippen molar-refractivity contribution in [1.29, 1.82) is 0 Å². The molecule has 1 aromatic heterocycles. The molecule has 9 heteroatoms. The zero-order valence-electron chi connectivity index (χ0n) is 15.6. The standard InChI is InChI=1S/C18H24N4O4S/c1-11(2)10-14(18(25)26)19-16(23)15(8-9-27-3)22-17(24)12-6-4-5-7-13(12)20-21-22/h4-7,11,14-15H,8-10H2,1-3H3,(H,19,23)(H,25,26). The Kier molecular flexibility index (Phi) is 7.35. The number of thioether (sulfide) groups is 1. The second kappa shape index (κ2) is 9.50. The SMILES string of the molecule is CSCCC(C(=O)NC(CC(C)C)C(=O)O)n1nnc2ccccc2c1=O. The molecule has 2 aromatic rings. The topological polar surface area (TPSA) is 114 Å². The van der Waals surface area contributed by atoms with Crippen LogP contribution < -0.4 is 10.9 Å². The minimum absolute atomic E-state index is 0.0965. The highest BCUT2D eigenvalue weighted by molar-refractivity contribution is 7.98. The van der Waals surface area contributed by atoms with Crippen LogP contribution in [0.5, 0.6) is 0 Å². The number of nitrogens with one attached hydrogen (secondary N) is 1. The summed E-state index contributed by atoms with van der Waals surface area (Å²) in [5, 5.41) is 20.3. The van der Waals surface area contributed by atoms with Crippen LogP contribution in [-0.2, 0) is 9.59 Å². The van der Waals surface area contributed by atoms with Crippen LogP contribution in [0.4, 0.5) is 0 Å². The predicted molar refractivity (Wildman–Crippen MR) is 105 cm³/mol. The maximum absolute atomic E-state index is 12.8. The maximum Gasteiger partial charge on any atom is 0.326 e. The number of carbonyl (C=O) groups excluding carboxylic acids is 1. The molecule has 8 nitrogen and oxygen atoms in total. The smallest absolute Gasteiger partial charge is 0.326 e. The van der Waals surface area contributed by atoms with Crippen LogP contribution in [0.15, 0.2) is 29.1 Å². The van der Waals surface area contributed by atoms with E-state index < -0.39 is 29.5 Å². The molecule has 2 N–H and O–H groups in total. The molecule has 2 rings (SSSR count). The van der Waals surface area contributed by atoms with Crippen LogP contribution in [0.25, 0.3) is 10.9 Å². The number of nitrogens with zero attached hydrogens (tertiary/aromatic N) is 3. The van der Waals surface area contributed by atoms with E-state index in [1.54, 1.807) is 24.3 Å². The Bertz CT molecular complexity index is 868. The third-order valence-corrected chi connectivity index (χ3v) is 4.75. The summed E-state index contributed by atoms with van der Waals surface area (Å²) in [7, 11) is 0. The molecule has 0 aliphatic rings. The van der Waals surface area contributed by atoms with Crippen molar-refractivity contribution in [3.05, 3.63) is 34.6 Å². The number of amides is 1. The fourth-order valence-electron chi connectivity index (χ4n) is 2.76. The molecule has 2 unspecified atom stereocenters. The van der Waals surface area contributed by atoms with Gasteiger partial charge in [-0.15, -0.1) is 5.10 Å². The van der Waals surface area contributed by atoms with Crippen molar-refractivity contribution >= 4 is 34.5 Å². The molecule has 0 spiro atoms. The van der Waals surface area contributed by atoms with Crippen LogP contribution in [0.1, 0.15) is 32.7 Å². The lowest BCUT2D eigenvalue weighted by atomic mass is 10.0. The van der Waals surface area contributed by atoms with Crippen molar-refractivity contribution in [2.75, 3.05) is 12.0 Å². The summed E-state index contributed by atoms with van der Waals surface area (Å²) >= 11 is 1.53. The van der Waals surface area contributed by atoms with Crippen molar-refractivity contribution in [2.24, 2.45) is 5.92 Å². The van der Waals surface area contributed by atoms with Gasteiger partial charge >= 0.3 is 5.97 Å². The summed E-state index contributed by atoms with van der Waals surface area (Å²) in [6.07, 6.45) is 2.53. The molecule has 2 atom stereocenters. The minimum atomic E-state index is -1.10. The monoisotopic (exact) mass is 392 g/mol. The lowest BCUT2D eigenvalue weighted by molar-refractivity contribution is -0.142. The van der Waals surface area contributed by atoms with Gasteiger partial charge in [-0.3, -0.25) is 9.59 Å². The molecule has 1 heterocycles. The maximum atomic E-state index is 12.8. The van der Waals surface area contributed by atoms with Gasteiger partial charge in [-0.2, -0.15) is 16.4 Å². The first-order valence-electron chi connectivity index (χ1n) is 8.71. The lowest BCUT2D eigenvalue weighted by Crippen LogP contribution is -2.47. The molecule has 0 aliphatic carbocycles. The average Bonchev–Trinajstić information content (AvgIpc) is 2.62. The molecule has 0 aliphatic heterocycles. The summed E-state index contributed by atoms with van der Waals surface area (Å²) < 4.78 is 1.06. The van der Waals surface area contributed by atoms with E-state index in [9.17, 15) is 19.5 Å². The highest BCUT2D eigenvalue weighted by Gasteiger charge is 2.28. The summed E-state index contributed by atoms with van der Waals surface area (Å²) in [4.78, 5) is 37.1. The quantitative estimate of drug-likeness (QED) is 0.667. The van der Waals surface area contributed by atoms with Crippen LogP contribution in [0.2, 0.25) is 0 Å². The molecule has 0 saturated heterocycles. The van der Waals surface area contributed by atoms with Gasteiger partial charge in [0, 0.05) is 0 Å². The molecule has 1 amide bonds. The predicted octanol–water partition coefficient (Wildman–Crippen LogP) is 1.70. The molecule has 27 heavy (non-hydrogen) atoms. The fourth-order valence-corrected chi connectivity index (χ4v) is 3.22.